The van der Waals surface area contributed by atoms with E-state index in [4.69, 9.17) is 5.11 Å². The number of hydrogen-bond acceptors (Lipinski definition) is 3. The molecular formula is C9H15F3N2O4S. The first-order valence-electron chi connectivity index (χ1n) is 5.55. The predicted molar refractivity (Wildman–Crippen MR) is 59.6 cm³/mol. The van der Waals surface area contributed by atoms with E-state index in [1.165, 1.54) is 0 Å². The molecule has 1 N–H and O–H groups in total. The van der Waals surface area contributed by atoms with Crippen molar-refractivity contribution in [3.05, 3.63) is 0 Å². The third-order valence-electron chi connectivity index (χ3n) is 2.62. The van der Waals surface area contributed by atoms with Gasteiger partial charge in [0.2, 0.25) is 0 Å². The second-order valence-electron chi connectivity index (χ2n) is 4.36. The van der Waals surface area contributed by atoms with E-state index in [9.17, 15) is 26.4 Å². The number of alkyl halides is 3. The van der Waals surface area contributed by atoms with Crippen molar-refractivity contribution >= 4 is 16.2 Å². The first-order valence-corrected chi connectivity index (χ1v) is 6.95. The van der Waals surface area contributed by atoms with Crippen molar-refractivity contribution in [3.63, 3.8) is 0 Å². The van der Waals surface area contributed by atoms with Gasteiger partial charge in [-0.3, -0.25) is 4.79 Å². The molecule has 0 aliphatic heterocycles. The maximum Gasteiger partial charge on any atom is 0.402 e. The fourth-order valence-corrected chi connectivity index (χ4v) is 3.06. The van der Waals surface area contributed by atoms with E-state index in [0.29, 0.717) is 21.5 Å². The van der Waals surface area contributed by atoms with E-state index in [1.54, 1.807) is 0 Å². The molecule has 10 heteroatoms. The molecule has 1 aliphatic rings. The zero-order chi connectivity index (χ0) is 14.8. The largest absolute Gasteiger partial charge is 0.481 e. The second-order valence-corrected chi connectivity index (χ2v) is 6.35. The van der Waals surface area contributed by atoms with Gasteiger partial charge in [0, 0.05) is 19.6 Å². The number of carboxylic acids is 1. The molecule has 1 saturated carbocycles. The average molecular weight is 304 g/mol. The number of hydrogen-bond donors (Lipinski definition) is 1. The number of halogens is 3. The average Bonchev–Trinajstić information content (AvgIpc) is 3.04. The number of carboxylic acid groups (broad SMARTS) is 1. The van der Waals surface area contributed by atoms with Crippen LogP contribution in [0.1, 0.15) is 19.3 Å². The lowest BCUT2D eigenvalue weighted by Crippen LogP contribution is -2.47. The minimum atomic E-state index is -4.62. The summed E-state index contributed by atoms with van der Waals surface area (Å²) in [6.07, 6.45) is -4.30. The van der Waals surface area contributed by atoms with E-state index in [-0.39, 0.29) is 6.54 Å². The van der Waals surface area contributed by atoms with E-state index in [2.05, 4.69) is 0 Å². The van der Waals surface area contributed by atoms with Crippen LogP contribution >= 0.6 is 0 Å². The second kappa shape index (κ2) is 5.63. The van der Waals surface area contributed by atoms with Gasteiger partial charge in [-0.05, 0) is 12.8 Å². The summed E-state index contributed by atoms with van der Waals surface area (Å²) in [6.45, 7) is -1.91. The summed E-state index contributed by atoms with van der Waals surface area (Å²) in [4.78, 5) is 10.4. The van der Waals surface area contributed by atoms with Crippen LogP contribution in [0.5, 0.6) is 0 Å². The van der Waals surface area contributed by atoms with E-state index in [1.807, 2.05) is 0 Å². The van der Waals surface area contributed by atoms with Crippen LogP contribution in [-0.2, 0) is 15.0 Å². The molecule has 0 amide bonds. The molecule has 0 spiro atoms. The number of rotatable bonds is 7. The van der Waals surface area contributed by atoms with Crippen LogP contribution in [-0.4, -0.2) is 60.5 Å². The maximum atomic E-state index is 12.4. The van der Waals surface area contributed by atoms with Crippen LogP contribution in [0.3, 0.4) is 0 Å². The molecule has 0 atom stereocenters. The molecule has 0 aromatic rings. The Morgan fingerprint density at radius 3 is 2.26 bits per heavy atom. The Labute approximate surface area is 109 Å². The molecule has 1 fully saturated rings. The molecule has 1 aliphatic carbocycles. The lowest BCUT2D eigenvalue weighted by Gasteiger charge is -2.27. The van der Waals surface area contributed by atoms with E-state index in [0.717, 1.165) is 7.05 Å². The first-order chi connectivity index (χ1) is 8.54. The summed E-state index contributed by atoms with van der Waals surface area (Å²) in [5.41, 5.74) is 0. The Morgan fingerprint density at radius 2 is 1.89 bits per heavy atom. The molecule has 0 bridgehead atoms. The standard InChI is InChI=1S/C9H15F3N2O4S/c1-13(5-4-8(15)16)19(17,18)14(7-2-3-7)6-9(10,11)12/h7H,2-6H2,1H3,(H,15,16). The molecule has 112 valence electrons. The third kappa shape index (κ3) is 4.96. The van der Waals surface area contributed by atoms with Crippen LogP contribution in [0.15, 0.2) is 0 Å². The first kappa shape index (κ1) is 16.2. The summed E-state index contributed by atoms with van der Waals surface area (Å²) in [7, 11) is -3.21. The molecule has 19 heavy (non-hydrogen) atoms. The Bertz CT molecular complexity index is 433. The number of aliphatic carboxylic acids is 1. The summed E-state index contributed by atoms with van der Waals surface area (Å²) in [5.74, 6) is -1.21. The van der Waals surface area contributed by atoms with Gasteiger partial charge in [-0.15, -0.1) is 0 Å². The lowest BCUT2D eigenvalue weighted by molar-refractivity contribution is -0.138. The van der Waals surface area contributed by atoms with Gasteiger partial charge in [0.05, 0.1) is 6.42 Å². The molecule has 0 aromatic heterocycles. The number of carbonyl (C=O) groups is 1. The molecule has 0 radical (unpaired) electrons. The smallest absolute Gasteiger partial charge is 0.402 e. The van der Waals surface area contributed by atoms with Gasteiger partial charge < -0.3 is 5.11 Å². The van der Waals surface area contributed by atoms with Gasteiger partial charge in [-0.1, -0.05) is 0 Å². The Morgan fingerprint density at radius 1 is 1.37 bits per heavy atom. The van der Waals surface area contributed by atoms with Crippen LogP contribution < -0.4 is 0 Å². The van der Waals surface area contributed by atoms with Crippen molar-refractivity contribution in [1.82, 2.24) is 8.61 Å². The van der Waals surface area contributed by atoms with Gasteiger partial charge >= 0.3 is 12.1 Å². The molecule has 0 saturated heterocycles. The van der Waals surface area contributed by atoms with Crippen molar-refractivity contribution in [2.24, 2.45) is 0 Å². The fourth-order valence-electron chi connectivity index (χ4n) is 1.49. The highest BCUT2D eigenvalue weighted by Gasteiger charge is 2.45. The summed E-state index contributed by atoms with van der Waals surface area (Å²) < 4.78 is 62.1. The van der Waals surface area contributed by atoms with Gasteiger partial charge in [-0.25, -0.2) is 0 Å². The molecule has 1 rings (SSSR count). The van der Waals surface area contributed by atoms with Crippen molar-refractivity contribution in [2.75, 3.05) is 20.1 Å². The van der Waals surface area contributed by atoms with Crippen molar-refractivity contribution < 1.29 is 31.5 Å². The normalized spacial score (nSPS) is 17.2. The SMILES string of the molecule is CN(CCC(=O)O)S(=O)(=O)N(CC(F)(F)F)C1CC1. The van der Waals surface area contributed by atoms with Gasteiger partial charge in [-0.2, -0.15) is 30.2 Å². The quantitative estimate of drug-likeness (QED) is 0.749. The van der Waals surface area contributed by atoms with Crippen LogP contribution in [0.4, 0.5) is 13.2 Å². The van der Waals surface area contributed by atoms with Gasteiger partial charge in [0.15, 0.2) is 0 Å². The summed E-state index contributed by atoms with van der Waals surface area (Å²) in [5, 5.41) is 8.46. The molecule has 0 heterocycles. The van der Waals surface area contributed by atoms with Crippen LogP contribution in [0.25, 0.3) is 0 Å². The Hall–Kier alpha value is -0.870. The zero-order valence-corrected chi connectivity index (χ0v) is 11.0. The topological polar surface area (TPSA) is 77.9 Å². The van der Waals surface area contributed by atoms with E-state index >= 15 is 0 Å². The van der Waals surface area contributed by atoms with Crippen molar-refractivity contribution in [3.8, 4) is 0 Å². The minimum Gasteiger partial charge on any atom is -0.481 e. The molecule has 0 unspecified atom stereocenters. The predicted octanol–water partition coefficient (Wildman–Crippen LogP) is 0.664. The van der Waals surface area contributed by atoms with Gasteiger partial charge in [0.25, 0.3) is 10.2 Å². The summed E-state index contributed by atoms with van der Waals surface area (Å²) in [6, 6.07) is -0.640. The van der Waals surface area contributed by atoms with Crippen molar-refractivity contribution in [2.45, 2.75) is 31.5 Å². The van der Waals surface area contributed by atoms with Gasteiger partial charge in [0.1, 0.15) is 6.54 Å². The highest BCUT2D eigenvalue weighted by molar-refractivity contribution is 7.86. The Kier molecular flexibility index (Phi) is 4.80. The Balaban J connectivity index is 2.78. The molecule has 0 aromatic carbocycles. The fraction of sp³-hybridized carbons (Fsp3) is 0.889. The maximum absolute atomic E-state index is 12.4. The third-order valence-corrected chi connectivity index (χ3v) is 4.61. The summed E-state index contributed by atoms with van der Waals surface area (Å²) >= 11 is 0. The van der Waals surface area contributed by atoms with Crippen LogP contribution in [0.2, 0.25) is 0 Å². The monoisotopic (exact) mass is 304 g/mol. The lowest BCUT2D eigenvalue weighted by atomic mass is 10.4. The van der Waals surface area contributed by atoms with E-state index < -0.39 is 41.4 Å². The highest BCUT2D eigenvalue weighted by Crippen LogP contribution is 2.33. The number of nitrogens with zero attached hydrogens (tertiary/aromatic N) is 2. The highest BCUT2D eigenvalue weighted by atomic mass is 32.2. The zero-order valence-electron chi connectivity index (χ0n) is 10.2. The minimum absolute atomic E-state index is 0.362. The molecular weight excluding hydrogens is 289 g/mol. The van der Waals surface area contributed by atoms with Crippen LogP contribution in [0, 0.1) is 0 Å². The molecule has 6 nitrogen and oxygen atoms in total. The van der Waals surface area contributed by atoms with Crippen molar-refractivity contribution in [1.29, 1.82) is 0 Å².